The molecule has 100 valence electrons. The van der Waals surface area contributed by atoms with Crippen molar-refractivity contribution in [3.63, 3.8) is 0 Å². The van der Waals surface area contributed by atoms with E-state index in [-0.39, 0.29) is 6.61 Å². The molecule has 3 N–H and O–H groups in total. The third kappa shape index (κ3) is 6.61. The lowest BCUT2D eigenvalue weighted by Crippen LogP contribution is -2.43. The Hall–Kier alpha value is -0.650. The first-order valence-corrected chi connectivity index (χ1v) is 6.54. The topological polar surface area (TPSA) is 67.6 Å². The fraction of sp³-hybridized carbons (Fsp3) is 0.917. The number of piperidine rings is 1. The van der Waals surface area contributed by atoms with Gasteiger partial charge < -0.3 is 20.7 Å². The number of primary amides is 1. The second-order valence-corrected chi connectivity index (χ2v) is 4.59. The largest absolute Gasteiger partial charge is 0.370 e. The van der Waals surface area contributed by atoms with Gasteiger partial charge in [-0.2, -0.15) is 0 Å². The van der Waals surface area contributed by atoms with Crippen LogP contribution in [0.4, 0.5) is 0 Å². The van der Waals surface area contributed by atoms with Crippen molar-refractivity contribution in [1.82, 2.24) is 10.2 Å². The van der Waals surface area contributed by atoms with Crippen LogP contribution in [0.25, 0.3) is 0 Å². The number of hydrogen-bond donors (Lipinski definition) is 2. The van der Waals surface area contributed by atoms with Crippen molar-refractivity contribution in [2.24, 2.45) is 5.73 Å². The van der Waals surface area contributed by atoms with E-state index in [1.807, 2.05) is 0 Å². The molecule has 0 atom stereocenters. The third-order valence-electron chi connectivity index (χ3n) is 3.05. The lowest BCUT2D eigenvalue weighted by molar-refractivity contribution is -0.122. The van der Waals surface area contributed by atoms with E-state index in [1.165, 1.54) is 38.9 Å². The first-order chi connectivity index (χ1) is 8.22. The van der Waals surface area contributed by atoms with Gasteiger partial charge in [-0.1, -0.05) is 6.92 Å². The lowest BCUT2D eigenvalue weighted by Gasteiger charge is -2.32. The maximum atomic E-state index is 10.4. The van der Waals surface area contributed by atoms with Gasteiger partial charge in [-0.15, -0.1) is 0 Å². The molecule has 1 aliphatic heterocycles. The van der Waals surface area contributed by atoms with Gasteiger partial charge >= 0.3 is 0 Å². The molecule has 0 spiro atoms. The Balaban J connectivity index is 1.97. The third-order valence-corrected chi connectivity index (χ3v) is 3.05. The summed E-state index contributed by atoms with van der Waals surface area (Å²) in [7, 11) is 0. The van der Waals surface area contributed by atoms with Crippen molar-refractivity contribution in [2.45, 2.75) is 32.2 Å². The zero-order chi connectivity index (χ0) is 12.5. The summed E-state index contributed by atoms with van der Waals surface area (Å²) in [4.78, 5) is 12.9. The van der Waals surface area contributed by atoms with Gasteiger partial charge in [0.2, 0.25) is 5.91 Å². The summed E-state index contributed by atoms with van der Waals surface area (Å²) < 4.78 is 5.10. The molecule has 0 bridgehead atoms. The number of nitrogens with zero attached hydrogens (tertiary/aromatic N) is 1. The number of carbonyl (C=O) groups excluding carboxylic acids is 1. The lowest BCUT2D eigenvalue weighted by atomic mass is 10.1. The second kappa shape index (κ2) is 8.44. The maximum absolute atomic E-state index is 10.4. The minimum Gasteiger partial charge on any atom is -0.370 e. The van der Waals surface area contributed by atoms with E-state index in [9.17, 15) is 4.79 Å². The highest BCUT2D eigenvalue weighted by atomic mass is 16.5. The number of nitrogens with one attached hydrogen (secondary N) is 1. The standard InChI is InChI=1S/C12H25N3O2/c1-2-6-15-7-3-11(4-8-15)14-5-9-17-10-12(13)16/h11,14H,2-10H2,1H3,(H2,13,16). The molecule has 0 unspecified atom stereocenters. The predicted octanol–water partition coefficient (Wildman–Crippen LogP) is -0.0477. The number of likely N-dealkylation sites (tertiary alicyclic amines) is 1. The van der Waals surface area contributed by atoms with Crippen LogP contribution < -0.4 is 11.1 Å². The number of hydrogen-bond acceptors (Lipinski definition) is 4. The monoisotopic (exact) mass is 243 g/mol. The summed E-state index contributed by atoms with van der Waals surface area (Å²) >= 11 is 0. The SMILES string of the molecule is CCCN1CCC(NCCOCC(N)=O)CC1. The number of amides is 1. The fourth-order valence-electron chi connectivity index (χ4n) is 2.18. The Morgan fingerprint density at radius 2 is 2.18 bits per heavy atom. The molecule has 1 fully saturated rings. The Morgan fingerprint density at radius 1 is 1.47 bits per heavy atom. The fourth-order valence-corrected chi connectivity index (χ4v) is 2.18. The molecule has 1 amide bonds. The van der Waals surface area contributed by atoms with Gasteiger partial charge in [-0.25, -0.2) is 0 Å². The van der Waals surface area contributed by atoms with E-state index in [1.54, 1.807) is 0 Å². The maximum Gasteiger partial charge on any atom is 0.243 e. The van der Waals surface area contributed by atoms with E-state index in [0.717, 1.165) is 6.54 Å². The molecule has 0 radical (unpaired) electrons. The van der Waals surface area contributed by atoms with Crippen LogP contribution in [0.3, 0.4) is 0 Å². The van der Waals surface area contributed by atoms with E-state index in [2.05, 4.69) is 17.1 Å². The highest BCUT2D eigenvalue weighted by Crippen LogP contribution is 2.10. The highest BCUT2D eigenvalue weighted by Gasteiger charge is 2.17. The Labute approximate surface area is 104 Å². The quantitative estimate of drug-likeness (QED) is 0.587. The second-order valence-electron chi connectivity index (χ2n) is 4.59. The van der Waals surface area contributed by atoms with Crippen LogP contribution in [-0.2, 0) is 9.53 Å². The highest BCUT2D eigenvalue weighted by molar-refractivity contribution is 5.74. The molecule has 5 heteroatoms. The van der Waals surface area contributed by atoms with Crippen LogP contribution in [0.5, 0.6) is 0 Å². The van der Waals surface area contributed by atoms with Gasteiger partial charge in [0.25, 0.3) is 0 Å². The normalized spacial score (nSPS) is 18.4. The summed E-state index contributed by atoms with van der Waals surface area (Å²) in [6.07, 6.45) is 3.64. The van der Waals surface area contributed by atoms with E-state index in [4.69, 9.17) is 10.5 Å². The molecule has 5 nitrogen and oxygen atoms in total. The van der Waals surface area contributed by atoms with E-state index < -0.39 is 5.91 Å². The average molecular weight is 243 g/mol. The van der Waals surface area contributed by atoms with Crippen molar-refractivity contribution < 1.29 is 9.53 Å². The minimum absolute atomic E-state index is 0.0244. The molecular formula is C12H25N3O2. The van der Waals surface area contributed by atoms with E-state index in [0.29, 0.717) is 12.6 Å². The summed E-state index contributed by atoms with van der Waals surface area (Å²) in [6.45, 7) is 7.19. The summed E-state index contributed by atoms with van der Waals surface area (Å²) in [5.74, 6) is -0.405. The van der Waals surface area contributed by atoms with Gasteiger partial charge in [0.15, 0.2) is 0 Å². The molecule has 0 aromatic rings. The predicted molar refractivity (Wildman–Crippen MR) is 67.8 cm³/mol. The summed E-state index contributed by atoms with van der Waals surface area (Å²) in [6, 6.07) is 0.597. The average Bonchev–Trinajstić information content (AvgIpc) is 2.31. The Kier molecular flexibility index (Phi) is 7.16. The number of carbonyl (C=O) groups is 1. The number of nitrogens with two attached hydrogens (primary N) is 1. The molecular weight excluding hydrogens is 218 g/mol. The van der Waals surface area contributed by atoms with Gasteiger partial charge in [-0.05, 0) is 38.9 Å². The molecule has 0 aromatic heterocycles. The molecule has 0 aliphatic carbocycles. The zero-order valence-corrected chi connectivity index (χ0v) is 10.8. The first kappa shape index (κ1) is 14.4. The van der Waals surface area contributed by atoms with Crippen LogP contribution in [0.15, 0.2) is 0 Å². The number of rotatable bonds is 8. The van der Waals surface area contributed by atoms with Gasteiger partial charge in [0.1, 0.15) is 6.61 Å². The first-order valence-electron chi connectivity index (χ1n) is 6.54. The summed E-state index contributed by atoms with van der Waals surface area (Å²) in [5, 5.41) is 3.45. The van der Waals surface area contributed by atoms with Crippen LogP contribution in [0, 0.1) is 0 Å². The van der Waals surface area contributed by atoms with Crippen molar-refractivity contribution in [2.75, 3.05) is 39.4 Å². The molecule has 17 heavy (non-hydrogen) atoms. The zero-order valence-electron chi connectivity index (χ0n) is 10.8. The number of ether oxygens (including phenoxy) is 1. The molecule has 1 saturated heterocycles. The van der Waals surface area contributed by atoms with Crippen molar-refractivity contribution in [3.05, 3.63) is 0 Å². The molecule has 0 saturated carbocycles. The molecule has 1 rings (SSSR count). The Bertz CT molecular complexity index is 216. The molecule has 1 heterocycles. The van der Waals surface area contributed by atoms with Crippen LogP contribution in [-0.4, -0.2) is 56.2 Å². The van der Waals surface area contributed by atoms with Crippen molar-refractivity contribution >= 4 is 5.91 Å². The van der Waals surface area contributed by atoms with Crippen LogP contribution in [0.1, 0.15) is 26.2 Å². The van der Waals surface area contributed by atoms with Gasteiger partial charge in [0, 0.05) is 12.6 Å². The van der Waals surface area contributed by atoms with Gasteiger partial charge in [-0.3, -0.25) is 4.79 Å². The minimum atomic E-state index is -0.405. The van der Waals surface area contributed by atoms with E-state index >= 15 is 0 Å². The summed E-state index contributed by atoms with van der Waals surface area (Å²) in [5.41, 5.74) is 4.97. The van der Waals surface area contributed by atoms with Gasteiger partial charge in [0.05, 0.1) is 6.61 Å². The van der Waals surface area contributed by atoms with Crippen molar-refractivity contribution in [1.29, 1.82) is 0 Å². The van der Waals surface area contributed by atoms with Crippen LogP contribution >= 0.6 is 0 Å². The molecule has 1 aliphatic rings. The molecule has 0 aromatic carbocycles. The smallest absolute Gasteiger partial charge is 0.243 e. The Morgan fingerprint density at radius 3 is 2.76 bits per heavy atom. The van der Waals surface area contributed by atoms with Crippen LogP contribution in [0.2, 0.25) is 0 Å². The van der Waals surface area contributed by atoms with Crippen molar-refractivity contribution in [3.8, 4) is 0 Å².